The van der Waals surface area contributed by atoms with Crippen LogP contribution < -0.4 is 0 Å². The highest BCUT2D eigenvalue weighted by Crippen LogP contribution is 2.67. The molecule has 16 heavy (non-hydrogen) atoms. The maximum absolute atomic E-state index is 5.82. The molecule has 0 amide bonds. The summed E-state index contributed by atoms with van der Waals surface area (Å²) in [7, 11) is 0. The lowest BCUT2D eigenvalue weighted by molar-refractivity contribution is 0.158. The van der Waals surface area contributed by atoms with Gasteiger partial charge < -0.3 is 9.47 Å². The average molecular weight is 218 g/mol. The molecule has 4 aliphatic carbocycles. The molecule has 2 saturated heterocycles. The van der Waals surface area contributed by atoms with Crippen molar-refractivity contribution < 1.29 is 9.47 Å². The lowest BCUT2D eigenvalue weighted by atomic mass is 9.72. The van der Waals surface area contributed by atoms with Gasteiger partial charge in [-0.05, 0) is 61.2 Å². The monoisotopic (exact) mass is 218 g/mol. The second-order valence-corrected chi connectivity index (χ2v) is 7.25. The number of ether oxygens (including phenoxy) is 2. The van der Waals surface area contributed by atoms with Crippen molar-refractivity contribution in [3.8, 4) is 0 Å². The number of fused-ring (bicyclic) bond motifs is 10. The highest BCUT2D eigenvalue weighted by molar-refractivity contribution is 5.17. The Morgan fingerprint density at radius 3 is 1.31 bits per heavy atom. The van der Waals surface area contributed by atoms with Crippen LogP contribution in [-0.2, 0) is 9.47 Å². The maximum atomic E-state index is 5.82. The normalized spacial score (nSPS) is 76.5. The van der Waals surface area contributed by atoms with Gasteiger partial charge in [-0.25, -0.2) is 0 Å². The van der Waals surface area contributed by atoms with E-state index in [0.717, 1.165) is 35.5 Å². The van der Waals surface area contributed by atoms with E-state index in [1.54, 1.807) is 0 Å². The summed E-state index contributed by atoms with van der Waals surface area (Å²) in [6.45, 7) is 0. The molecule has 6 rings (SSSR count). The predicted octanol–water partition coefficient (Wildman–Crippen LogP) is 1.83. The van der Waals surface area contributed by atoms with Crippen LogP contribution in [0.1, 0.15) is 25.7 Å². The molecule has 2 heterocycles. The van der Waals surface area contributed by atoms with E-state index in [1.807, 2.05) is 0 Å². The zero-order valence-corrected chi connectivity index (χ0v) is 9.42. The van der Waals surface area contributed by atoms with Gasteiger partial charge in [-0.15, -0.1) is 0 Å². The summed E-state index contributed by atoms with van der Waals surface area (Å²) in [6.07, 6.45) is 8.84. The Kier molecular flexibility index (Phi) is 1.13. The van der Waals surface area contributed by atoms with Gasteiger partial charge in [-0.3, -0.25) is 0 Å². The Morgan fingerprint density at radius 1 is 0.500 bits per heavy atom. The van der Waals surface area contributed by atoms with Gasteiger partial charge in [0.2, 0.25) is 0 Å². The molecule has 86 valence electrons. The van der Waals surface area contributed by atoms with E-state index in [1.165, 1.54) is 25.7 Å². The van der Waals surface area contributed by atoms with Gasteiger partial charge in [0.15, 0.2) is 0 Å². The van der Waals surface area contributed by atoms with Crippen LogP contribution in [0, 0.1) is 35.5 Å². The molecule has 10 unspecified atom stereocenters. The lowest BCUT2D eigenvalue weighted by Crippen LogP contribution is -2.31. The van der Waals surface area contributed by atoms with Crippen LogP contribution in [0.3, 0.4) is 0 Å². The van der Waals surface area contributed by atoms with E-state index in [4.69, 9.17) is 9.47 Å². The van der Waals surface area contributed by atoms with Gasteiger partial charge in [-0.2, -0.15) is 0 Å². The molecule has 0 aromatic heterocycles. The summed E-state index contributed by atoms with van der Waals surface area (Å²) in [4.78, 5) is 0. The fourth-order valence-electron chi connectivity index (χ4n) is 6.29. The standard InChI is InChI=1S/C14H18O2/c1-5-3-9(13-11(5)15-13)7(1)8-2-6-4-10(8)14-12(6)16-14/h5-14H,1-4H2. The SMILES string of the molecule is C1C2CC(C1C1CC3CC1C1OC31)C1OC21. The first-order chi connectivity index (χ1) is 7.90. The third kappa shape index (κ3) is 0.743. The van der Waals surface area contributed by atoms with Gasteiger partial charge >= 0.3 is 0 Å². The molecule has 6 aliphatic rings. The van der Waals surface area contributed by atoms with Crippen molar-refractivity contribution in [1.82, 2.24) is 0 Å². The zero-order chi connectivity index (χ0) is 10.0. The summed E-state index contributed by atoms with van der Waals surface area (Å²) in [5.41, 5.74) is 0. The van der Waals surface area contributed by atoms with Crippen molar-refractivity contribution in [1.29, 1.82) is 0 Å². The number of hydrogen-bond donors (Lipinski definition) is 0. The Hall–Kier alpha value is -0.0800. The van der Waals surface area contributed by atoms with Crippen molar-refractivity contribution in [2.24, 2.45) is 35.5 Å². The first-order valence-electron chi connectivity index (χ1n) is 7.21. The van der Waals surface area contributed by atoms with Crippen molar-refractivity contribution in [3.63, 3.8) is 0 Å². The largest absolute Gasteiger partial charge is 0.369 e. The van der Waals surface area contributed by atoms with E-state index in [-0.39, 0.29) is 0 Å². The molecule has 4 bridgehead atoms. The van der Waals surface area contributed by atoms with Crippen LogP contribution >= 0.6 is 0 Å². The highest BCUT2D eigenvalue weighted by Gasteiger charge is 2.69. The second-order valence-electron chi connectivity index (χ2n) is 7.25. The Balaban J connectivity index is 1.34. The third-order valence-electron chi connectivity index (χ3n) is 6.85. The van der Waals surface area contributed by atoms with Crippen LogP contribution in [0.25, 0.3) is 0 Å². The maximum Gasteiger partial charge on any atom is 0.0875 e. The van der Waals surface area contributed by atoms with Crippen LogP contribution in [0.15, 0.2) is 0 Å². The smallest absolute Gasteiger partial charge is 0.0875 e. The first kappa shape index (κ1) is 8.10. The number of rotatable bonds is 1. The molecule has 2 aliphatic heterocycles. The molecule has 0 spiro atoms. The van der Waals surface area contributed by atoms with Crippen molar-refractivity contribution in [2.45, 2.75) is 50.1 Å². The Morgan fingerprint density at radius 2 is 0.938 bits per heavy atom. The van der Waals surface area contributed by atoms with E-state index < -0.39 is 0 Å². The molecule has 2 heteroatoms. The lowest BCUT2D eigenvalue weighted by Gasteiger charge is -2.31. The second kappa shape index (κ2) is 2.24. The number of hydrogen-bond acceptors (Lipinski definition) is 2. The molecular formula is C14H18O2. The fourth-order valence-corrected chi connectivity index (χ4v) is 6.29. The molecule has 10 atom stereocenters. The van der Waals surface area contributed by atoms with Crippen molar-refractivity contribution in [3.05, 3.63) is 0 Å². The quantitative estimate of drug-likeness (QED) is 0.627. The molecule has 0 radical (unpaired) electrons. The summed E-state index contributed by atoms with van der Waals surface area (Å²) in [5, 5.41) is 0. The molecule has 0 aromatic carbocycles. The molecular weight excluding hydrogens is 200 g/mol. The van der Waals surface area contributed by atoms with Crippen LogP contribution in [0.5, 0.6) is 0 Å². The number of epoxide rings is 2. The summed E-state index contributed by atoms with van der Waals surface area (Å²) < 4.78 is 11.6. The van der Waals surface area contributed by atoms with Crippen LogP contribution in [0.4, 0.5) is 0 Å². The minimum Gasteiger partial charge on any atom is -0.369 e. The topological polar surface area (TPSA) is 25.1 Å². The van der Waals surface area contributed by atoms with E-state index in [2.05, 4.69) is 0 Å². The van der Waals surface area contributed by atoms with Gasteiger partial charge in [0, 0.05) is 0 Å². The zero-order valence-electron chi connectivity index (χ0n) is 9.42. The minimum absolute atomic E-state index is 0.707. The summed E-state index contributed by atoms with van der Waals surface area (Å²) in [5.74, 6) is 5.86. The molecule has 0 N–H and O–H groups in total. The average Bonchev–Trinajstić information content (AvgIpc) is 3.14. The van der Waals surface area contributed by atoms with E-state index in [9.17, 15) is 0 Å². The van der Waals surface area contributed by atoms with Crippen molar-refractivity contribution >= 4 is 0 Å². The first-order valence-corrected chi connectivity index (χ1v) is 7.21. The third-order valence-corrected chi connectivity index (χ3v) is 6.85. The predicted molar refractivity (Wildman–Crippen MR) is 56.7 cm³/mol. The fraction of sp³-hybridized carbons (Fsp3) is 1.00. The Labute approximate surface area is 95.7 Å². The van der Waals surface area contributed by atoms with Gasteiger partial charge in [0.05, 0.1) is 24.4 Å². The minimum atomic E-state index is 0.707. The van der Waals surface area contributed by atoms with E-state index in [0.29, 0.717) is 24.4 Å². The van der Waals surface area contributed by atoms with Crippen molar-refractivity contribution in [2.75, 3.05) is 0 Å². The molecule has 6 fully saturated rings. The van der Waals surface area contributed by atoms with Gasteiger partial charge in [-0.1, -0.05) is 0 Å². The summed E-state index contributed by atoms with van der Waals surface area (Å²) >= 11 is 0. The van der Waals surface area contributed by atoms with Gasteiger partial charge in [0.25, 0.3) is 0 Å². The molecule has 0 aromatic rings. The molecule has 4 saturated carbocycles. The van der Waals surface area contributed by atoms with Crippen LogP contribution in [0.2, 0.25) is 0 Å². The van der Waals surface area contributed by atoms with Crippen LogP contribution in [-0.4, -0.2) is 24.4 Å². The van der Waals surface area contributed by atoms with E-state index >= 15 is 0 Å². The Bertz CT molecular complexity index is 345. The van der Waals surface area contributed by atoms with Gasteiger partial charge in [0.1, 0.15) is 0 Å². The summed E-state index contributed by atoms with van der Waals surface area (Å²) in [6, 6.07) is 0. The molecule has 2 nitrogen and oxygen atoms in total. The highest BCUT2D eigenvalue weighted by atomic mass is 16.6.